The van der Waals surface area contributed by atoms with Gasteiger partial charge in [-0.25, -0.2) is 0 Å². The van der Waals surface area contributed by atoms with Crippen molar-refractivity contribution in [1.29, 1.82) is 0 Å². The van der Waals surface area contributed by atoms with Gasteiger partial charge in [0.15, 0.2) is 0 Å². The number of aryl methyl sites for hydroxylation is 1. The van der Waals surface area contributed by atoms with Gasteiger partial charge in [-0.1, -0.05) is 5.16 Å². The standard InChI is InChI=1S/C13H15NO4/c1-7-6-10(17-2)11-8(13(7)18-3)4-5-9(14-16)12(11)15/h6,16H,4-5H2,1-3H3. The molecule has 0 aliphatic heterocycles. The Balaban J connectivity index is 2.72. The highest BCUT2D eigenvalue weighted by Crippen LogP contribution is 2.37. The topological polar surface area (TPSA) is 68.1 Å². The van der Waals surface area contributed by atoms with Gasteiger partial charge in [0, 0.05) is 12.0 Å². The van der Waals surface area contributed by atoms with Gasteiger partial charge < -0.3 is 14.7 Å². The minimum atomic E-state index is -0.297. The highest BCUT2D eigenvalue weighted by atomic mass is 16.5. The van der Waals surface area contributed by atoms with E-state index in [4.69, 9.17) is 14.7 Å². The zero-order chi connectivity index (χ0) is 13.3. The maximum atomic E-state index is 12.2. The molecule has 0 saturated carbocycles. The lowest BCUT2D eigenvalue weighted by atomic mass is 9.86. The molecule has 0 heterocycles. The van der Waals surface area contributed by atoms with Crippen LogP contribution in [0.5, 0.6) is 11.5 Å². The Hall–Kier alpha value is -2.04. The van der Waals surface area contributed by atoms with Crippen LogP contribution in [0.1, 0.15) is 27.9 Å². The Morgan fingerprint density at radius 2 is 2.00 bits per heavy atom. The van der Waals surface area contributed by atoms with Gasteiger partial charge >= 0.3 is 0 Å². The minimum Gasteiger partial charge on any atom is -0.496 e. The number of ether oxygens (including phenoxy) is 2. The summed E-state index contributed by atoms with van der Waals surface area (Å²) in [7, 11) is 3.09. The van der Waals surface area contributed by atoms with Crippen molar-refractivity contribution in [2.45, 2.75) is 19.8 Å². The first kappa shape index (κ1) is 12.4. The van der Waals surface area contributed by atoms with Crippen molar-refractivity contribution >= 4 is 11.5 Å². The summed E-state index contributed by atoms with van der Waals surface area (Å²) < 4.78 is 10.6. The van der Waals surface area contributed by atoms with E-state index >= 15 is 0 Å². The van der Waals surface area contributed by atoms with E-state index < -0.39 is 0 Å². The number of rotatable bonds is 2. The second-order valence-corrected chi connectivity index (χ2v) is 4.16. The average molecular weight is 249 g/mol. The van der Waals surface area contributed by atoms with E-state index in [-0.39, 0.29) is 11.5 Å². The highest BCUT2D eigenvalue weighted by molar-refractivity contribution is 6.47. The van der Waals surface area contributed by atoms with Gasteiger partial charge in [-0.2, -0.15) is 0 Å². The number of Topliss-reactive ketones (excluding diaryl/α,β-unsaturated/α-hetero) is 1. The van der Waals surface area contributed by atoms with Gasteiger partial charge in [-0.05, 0) is 25.0 Å². The number of hydrogen-bond acceptors (Lipinski definition) is 5. The fourth-order valence-corrected chi connectivity index (χ4v) is 2.36. The van der Waals surface area contributed by atoms with Gasteiger partial charge in [0.05, 0.1) is 19.8 Å². The van der Waals surface area contributed by atoms with Crippen LogP contribution in [-0.4, -0.2) is 30.9 Å². The van der Waals surface area contributed by atoms with Gasteiger partial charge in [0.2, 0.25) is 5.78 Å². The number of carbonyl (C=O) groups excluding carboxylic acids is 1. The molecule has 0 bridgehead atoms. The van der Waals surface area contributed by atoms with E-state index in [1.807, 2.05) is 6.92 Å². The SMILES string of the molecule is COc1cc(C)c(OC)c2c1C(=O)C(=NO)CC2. The molecule has 0 saturated heterocycles. The largest absolute Gasteiger partial charge is 0.496 e. The van der Waals surface area contributed by atoms with Crippen molar-refractivity contribution in [3.05, 3.63) is 22.8 Å². The Morgan fingerprint density at radius 3 is 2.56 bits per heavy atom. The summed E-state index contributed by atoms with van der Waals surface area (Å²) >= 11 is 0. The van der Waals surface area contributed by atoms with Gasteiger partial charge in [-0.3, -0.25) is 4.79 Å². The first-order chi connectivity index (χ1) is 8.63. The molecule has 0 atom stereocenters. The van der Waals surface area contributed by atoms with Crippen LogP contribution in [0.2, 0.25) is 0 Å². The maximum Gasteiger partial charge on any atom is 0.214 e. The quantitative estimate of drug-likeness (QED) is 0.642. The van der Waals surface area contributed by atoms with Crippen molar-refractivity contribution in [3.8, 4) is 11.5 Å². The molecule has 5 heteroatoms. The van der Waals surface area contributed by atoms with Crippen molar-refractivity contribution in [2.24, 2.45) is 5.16 Å². The van der Waals surface area contributed by atoms with Gasteiger partial charge in [0.25, 0.3) is 0 Å². The monoisotopic (exact) mass is 249 g/mol. The summed E-state index contributed by atoms with van der Waals surface area (Å²) in [5.74, 6) is 0.902. The maximum absolute atomic E-state index is 12.2. The molecule has 0 fully saturated rings. The summed E-state index contributed by atoms with van der Waals surface area (Å²) in [5.41, 5.74) is 2.35. The second kappa shape index (κ2) is 4.68. The smallest absolute Gasteiger partial charge is 0.214 e. The molecule has 1 N–H and O–H groups in total. The van der Waals surface area contributed by atoms with Crippen molar-refractivity contribution < 1.29 is 19.5 Å². The molecule has 0 amide bonds. The highest BCUT2D eigenvalue weighted by Gasteiger charge is 2.30. The minimum absolute atomic E-state index is 0.159. The third-order valence-electron chi connectivity index (χ3n) is 3.17. The van der Waals surface area contributed by atoms with Crippen molar-refractivity contribution in [1.82, 2.24) is 0 Å². The van der Waals surface area contributed by atoms with Crippen LogP contribution in [0, 0.1) is 6.92 Å². The van der Waals surface area contributed by atoms with Gasteiger partial charge in [-0.15, -0.1) is 0 Å². The number of hydrogen-bond donors (Lipinski definition) is 1. The molecule has 0 radical (unpaired) electrons. The van der Waals surface area contributed by atoms with E-state index in [1.165, 1.54) is 7.11 Å². The summed E-state index contributed by atoms with van der Waals surface area (Å²) in [5, 5.41) is 11.9. The Labute approximate surface area is 105 Å². The normalized spacial score (nSPS) is 16.6. The molecule has 0 aromatic heterocycles. The lowest BCUT2D eigenvalue weighted by Crippen LogP contribution is -2.24. The summed E-state index contributed by atoms with van der Waals surface area (Å²) in [6, 6.07) is 1.76. The third-order valence-corrected chi connectivity index (χ3v) is 3.17. The van der Waals surface area contributed by atoms with Crippen LogP contribution in [0.25, 0.3) is 0 Å². The predicted octanol–water partition coefficient (Wildman–Crippen LogP) is 1.97. The van der Waals surface area contributed by atoms with Crippen LogP contribution >= 0.6 is 0 Å². The first-order valence-corrected chi connectivity index (χ1v) is 5.64. The molecule has 96 valence electrons. The molecule has 0 spiro atoms. The molecule has 2 rings (SSSR count). The Bertz CT molecular complexity index is 534. The fourth-order valence-electron chi connectivity index (χ4n) is 2.36. The van der Waals surface area contributed by atoms with Crippen LogP contribution in [0.15, 0.2) is 11.2 Å². The van der Waals surface area contributed by atoms with E-state index in [0.717, 1.165) is 11.1 Å². The Morgan fingerprint density at radius 1 is 1.28 bits per heavy atom. The zero-order valence-corrected chi connectivity index (χ0v) is 10.6. The van der Waals surface area contributed by atoms with Crippen LogP contribution < -0.4 is 9.47 Å². The molecule has 18 heavy (non-hydrogen) atoms. The second-order valence-electron chi connectivity index (χ2n) is 4.16. The summed E-state index contributed by atoms with van der Waals surface area (Å²) in [6.07, 6.45) is 1.01. The third kappa shape index (κ3) is 1.72. The van der Waals surface area contributed by atoms with Gasteiger partial charge in [0.1, 0.15) is 17.2 Å². The van der Waals surface area contributed by atoms with Crippen LogP contribution in [0.3, 0.4) is 0 Å². The number of fused-ring (bicyclic) bond motifs is 1. The molecule has 1 aliphatic rings. The number of carbonyl (C=O) groups is 1. The van der Waals surface area contributed by atoms with E-state index in [0.29, 0.717) is 29.9 Å². The average Bonchev–Trinajstić information content (AvgIpc) is 2.38. The Kier molecular flexibility index (Phi) is 3.23. The molecule has 5 nitrogen and oxygen atoms in total. The number of benzene rings is 1. The van der Waals surface area contributed by atoms with E-state index in [2.05, 4.69) is 5.16 Å². The van der Waals surface area contributed by atoms with E-state index in [9.17, 15) is 4.79 Å². The number of ketones is 1. The van der Waals surface area contributed by atoms with Crippen LogP contribution in [-0.2, 0) is 6.42 Å². The molecule has 1 aliphatic carbocycles. The molecular formula is C13H15NO4. The van der Waals surface area contributed by atoms with E-state index in [1.54, 1.807) is 13.2 Å². The van der Waals surface area contributed by atoms with Crippen molar-refractivity contribution in [3.63, 3.8) is 0 Å². The first-order valence-electron chi connectivity index (χ1n) is 5.64. The zero-order valence-electron chi connectivity index (χ0n) is 10.6. The number of nitrogens with zero attached hydrogens (tertiary/aromatic N) is 1. The molecule has 1 aromatic rings. The fraction of sp³-hybridized carbons (Fsp3) is 0.385. The molecule has 0 unspecified atom stereocenters. The lowest BCUT2D eigenvalue weighted by molar-refractivity contribution is 0.105. The molecule has 1 aromatic carbocycles. The lowest BCUT2D eigenvalue weighted by Gasteiger charge is -2.22. The predicted molar refractivity (Wildman–Crippen MR) is 66.2 cm³/mol. The summed E-state index contributed by atoms with van der Waals surface area (Å²) in [6.45, 7) is 1.90. The molecular weight excluding hydrogens is 234 g/mol. The van der Waals surface area contributed by atoms with Crippen LogP contribution in [0.4, 0.5) is 0 Å². The number of methoxy groups -OCH3 is 2. The van der Waals surface area contributed by atoms with Crippen molar-refractivity contribution in [2.75, 3.05) is 14.2 Å². The number of oxime groups is 1. The summed E-state index contributed by atoms with van der Waals surface area (Å²) in [4.78, 5) is 12.2.